The van der Waals surface area contributed by atoms with Gasteiger partial charge in [-0.1, -0.05) is 283 Å². The highest BCUT2D eigenvalue weighted by molar-refractivity contribution is 6.15. The molecule has 0 atom stereocenters. The van der Waals surface area contributed by atoms with Crippen LogP contribution >= 0.6 is 0 Å². The van der Waals surface area contributed by atoms with Gasteiger partial charge in [0.25, 0.3) is 0 Å². The van der Waals surface area contributed by atoms with Crippen LogP contribution in [0.2, 0.25) is 0 Å². The van der Waals surface area contributed by atoms with E-state index in [0.29, 0.717) is 26.4 Å². The van der Waals surface area contributed by atoms with Gasteiger partial charge >= 0.3 is 0 Å². The van der Waals surface area contributed by atoms with E-state index in [4.69, 9.17) is 18.9 Å². The van der Waals surface area contributed by atoms with E-state index in [0.717, 1.165) is 70.2 Å². The molecule has 0 fully saturated rings. The van der Waals surface area contributed by atoms with E-state index in [2.05, 4.69) is 64.1 Å². The zero-order chi connectivity index (χ0) is 46.8. The Bertz CT molecular complexity index is 1430. The summed E-state index contributed by atoms with van der Waals surface area (Å²) in [5, 5.41) is 4.30. The predicted octanol–water partition coefficient (Wildman–Crippen LogP) is 21.2. The number of fused-ring (bicyclic) bond motifs is 2. The van der Waals surface area contributed by atoms with E-state index in [1.807, 2.05) is 0 Å². The molecular formula is C62H106O4. The Morgan fingerprint density at radius 1 is 0.242 bits per heavy atom. The van der Waals surface area contributed by atoms with E-state index < -0.39 is 0 Å². The lowest BCUT2D eigenvalue weighted by molar-refractivity contribution is 0.290. The number of benzene rings is 3. The van der Waals surface area contributed by atoms with Gasteiger partial charge in [0.2, 0.25) is 0 Å². The fraction of sp³-hybridized carbons (Fsp3) is 0.774. The number of hydrogen-bond acceptors (Lipinski definition) is 4. The molecule has 4 nitrogen and oxygen atoms in total. The molecule has 0 N–H and O–H groups in total. The van der Waals surface area contributed by atoms with Crippen LogP contribution in [0.3, 0.4) is 0 Å². The second kappa shape index (κ2) is 41.4. The first kappa shape index (κ1) is 57.7. The minimum atomic E-state index is 0.704. The third-order valence-corrected chi connectivity index (χ3v) is 14.0. The van der Waals surface area contributed by atoms with Crippen LogP contribution < -0.4 is 18.9 Å². The number of rotatable bonds is 48. The zero-order valence-corrected chi connectivity index (χ0v) is 44.2. The highest BCUT2D eigenvalue weighted by atomic mass is 16.5. The van der Waals surface area contributed by atoms with Gasteiger partial charge in [0.05, 0.1) is 37.2 Å². The first-order valence-electron chi connectivity index (χ1n) is 29.3. The van der Waals surface area contributed by atoms with E-state index >= 15 is 0 Å². The standard InChI is InChI=1S/C62H106O4/c1-5-9-13-17-21-25-29-33-37-43-51-63-57-49-50-58(64-52-44-38-34-30-26-22-18-14-10-6-2)60-59(57)61(65-53-45-39-35-31-27-23-19-15-11-7-3)55-47-41-42-48-56(55)62(60)66-54-46-40-36-32-28-24-20-16-12-8-4/h41-42,47-50H,5-40,43-46,51-54H2,1-4H3. The van der Waals surface area contributed by atoms with Crippen LogP contribution in [0.15, 0.2) is 36.4 Å². The maximum atomic E-state index is 6.99. The summed E-state index contributed by atoms with van der Waals surface area (Å²) in [6, 6.07) is 13.1. The van der Waals surface area contributed by atoms with Crippen molar-refractivity contribution in [2.45, 2.75) is 285 Å². The van der Waals surface area contributed by atoms with Gasteiger partial charge in [-0.3, -0.25) is 0 Å². The highest BCUT2D eigenvalue weighted by Crippen LogP contribution is 2.50. The molecule has 0 amide bonds. The molecule has 0 aromatic heterocycles. The summed E-state index contributed by atoms with van der Waals surface area (Å²) in [6.45, 7) is 12.0. The number of hydrogen-bond donors (Lipinski definition) is 0. The van der Waals surface area contributed by atoms with Crippen molar-refractivity contribution < 1.29 is 18.9 Å². The molecule has 3 aromatic carbocycles. The van der Waals surface area contributed by atoms with Crippen molar-refractivity contribution in [3.8, 4) is 23.0 Å². The predicted molar refractivity (Wildman–Crippen MR) is 291 cm³/mol. The molecule has 0 aliphatic heterocycles. The largest absolute Gasteiger partial charge is 0.493 e. The molecule has 0 saturated carbocycles. The summed E-state index contributed by atoms with van der Waals surface area (Å²) < 4.78 is 27.6. The van der Waals surface area contributed by atoms with Crippen LogP contribution in [0, 0.1) is 0 Å². The van der Waals surface area contributed by atoms with Crippen molar-refractivity contribution in [2.24, 2.45) is 0 Å². The first-order valence-corrected chi connectivity index (χ1v) is 29.3. The minimum absolute atomic E-state index is 0.704. The van der Waals surface area contributed by atoms with Gasteiger partial charge in [0.15, 0.2) is 0 Å². The highest BCUT2D eigenvalue weighted by Gasteiger charge is 2.23. The molecule has 0 unspecified atom stereocenters. The van der Waals surface area contributed by atoms with Crippen LogP contribution in [-0.2, 0) is 0 Å². The van der Waals surface area contributed by atoms with E-state index in [1.54, 1.807) is 0 Å². The Hall–Kier alpha value is -2.62. The Labute approximate surface area is 409 Å². The summed E-state index contributed by atoms with van der Waals surface area (Å²) >= 11 is 0. The molecule has 0 bridgehead atoms. The fourth-order valence-electron chi connectivity index (χ4n) is 9.77. The van der Waals surface area contributed by atoms with Gasteiger partial charge in [0, 0.05) is 10.8 Å². The molecule has 0 aliphatic carbocycles. The van der Waals surface area contributed by atoms with Gasteiger partial charge in [-0.2, -0.15) is 0 Å². The van der Waals surface area contributed by atoms with Crippen molar-refractivity contribution in [2.75, 3.05) is 26.4 Å². The van der Waals surface area contributed by atoms with Crippen molar-refractivity contribution >= 4 is 21.5 Å². The van der Waals surface area contributed by atoms with Gasteiger partial charge in [-0.25, -0.2) is 0 Å². The second-order valence-electron chi connectivity index (χ2n) is 20.1. The molecule has 0 aliphatic rings. The van der Waals surface area contributed by atoms with Crippen molar-refractivity contribution in [3.63, 3.8) is 0 Å². The normalized spacial score (nSPS) is 11.6. The van der Waals surface area contributed by atoms with Crippen LogP contribution in [0.4, 0.5) is 0 Å². The lowest BCUT2D eigenvalue weighted by Gasteiger charge is -2.22. The minimum Gasteiger partial charge on any atom is -0.493 e. The summed E-state index contributed by atoms with van der Waals surface area (Å²) in [5.41, 5.74) is 0. The summed E-state index contributed by atoms with van der Waals surface area (Å²) in [7, 11) is 0. The topological polar surface area (TPSA) is 36.9 Å². The molecule has 0 heterocycles. The van der Waals surface area contributed by atoms with E-state index in [-0.39, 0.29) is 0 Å². The van der Waals surface area contributed by atoms with Crippen LogP contribution in [0.25, 0.3) is 21.5 Å². The summed E-state index contributed by atoms with van der Waals surface area (Å²) in [4.78, 5) is 0. The zero-order valence-electron chi connectivity index (χ0n) is 44.2. The molecule has 4 heteroatoms. The van der Waals surface area contributed by atoms with Gasteiger partial charge in [-0.05, 0) is 37.8 Å². The summed E-state index contributed by atoms with van der Waals surface area (Å²) in [6.07, 6.45) is 52.6. The third kappa shape index (κ3) is 25.7. The quantitative estimate of drug-likeness (QED) is 0.0418. The van der Waals surface area contributed by atoms with Crippen LogP contribution in [0.5, 0.6) is 23.0 Å². The van der Waals surface area contributed by atoms with E-state index in [1.165, 1.54) is 231 Å². The Morgan fingerprint density at radius 3 is 0.697 bits per heavy atom. The molecular weight excluding hydrogens is 809 g/mol. The monoisotopic (exact) mass is 915 g/mol. The fourth-order valence-corrected chi connectivity index (χ4v) is 9.77. The van der Waals surface area contributed by atoms with Gasteiger partial charge < -0.3 is 18.9 Å². The first-order chi connectivity index (χ1) is 32.8. The molecule has 0 radical (unpaired) electrons. The lowest BCUT2D eigenvalue weighted by Crippen LogP contribution is -2.06. The molecule has 66 heavy (non-hydrogen) atoms. The molecule has 378 valence electrons. The van der Waals surface area contributed by atoms with Crippen molar-refractivity contribution in [1.29, 1.82) is 0 Å². The SMILES string of the molecule is CCCCCCCCCCCCOc1ccc(OCCCCCCCCCCCC)c2c(OCCCCCCCCCCCC)c3ccccc3c(OCCCCCCCCCCCC)c12. The van der Waals surface area contributed by atoms with Crippen LogP contribution in [-0.4, -0.2) is 26.4 Å². The number of unbranched alkanes of at least 4 members (excludes halogenated alkanes) is 36. The third-order valence-electron chi connectivity index (χ3n) is 14.0. The maximum Gasteiger partial charge on any atom is 0.139 e. The average Bonchev–Trinajstić information content (AvgIpc) is 3.33. The Balaban J connectivity index is 1.80. The van der Waals surface area contributed by atoms with Gasteiger partial charge in [-0.15, -0.1) is 0 Å². The summed E-state index contributed by atoms with van der Waals surface area (Å²) in [5.74, 6) is 3.68. The Kier molecular flexibility index (Phi) is 36.2. The molecule has 0 saturated heterocycles. The van der Waals surface area contributed by atoms with Crippen molar-refractivity contribution in [1.82, 2.24) is 0 Å². The molecule has 0 spiro atoms. The van der Waals surface area contributed by atoms with Gasteiger partial charge in [0.1, 0.15) is 23.0 Å². The molecule has 3 aromatic rings. The van der Waals surface area contributed by atoms with E-state index in [9.17, 15) is 0 Å². The lowest BCUT2D eigenvalue weighted by atomic mass is 9.98. The Morgan fingerprint density at radius 2 is 0.455 bits per heavy atom. The van der Waals surface area contributed by atoms with Crippen molar-refractivity contribution in [3.05, 3.63) is 36.4 Å². The maximum absolute atomic E-state index is 6.99. The smallest absolute Gasteiger partial charge is 0.139 e. The average molecular weight is 916 g/mol. The number of ether oxygens (including phenoxy) is 4. The molecule has 3 rings (SSSR count). The van der Waals surface area contributed by atoms with Crippen LogP contribution in [0.1, 0.15) is 285 Å². The second-order valence-corrected chi connectivity index (χ2v) is 20.1.